The van der Waals surface area contributed by atoms with Crippen LogP contribution in [0.4, 0.5) is 0 Å². The lowest BCUT2D eigenvalue weighted by Crippen LogP contribution is -2.42. The van der Waals surface area contributed by atoms with Crippen molar-refractivity contribution in [3.8, 4) is 0 Å². The highest BCUT2D eigenvalue weighted by Crippen LogP contribution is 2.19. The molecule has 0 bridgehead atoms. The molecule has 0 unspecified atom stereocenters. The first-order chi connectivity index (χ1) is 11.1. The molecular weight excluding hydrogens is 345 g/mol. The standard InChI is InChI=1S/C17H24ClN5.ClH/c1-13-16(17(18)22(2)21-13)11-20-14-6-9-23(10-7-14)12-15-5-3-4-8-19-15;/h3-5,8,14,20H,6-7,9-12H2,1-2H3;1H. The molecule has 0 spiro atoms. The van der Waals surface area contributed by atoms with Crippen molar-refractivity contribution in [2.45, 2.75) is 38.9 Å². The lowest BCUT2D eigenvalue weighted by molar-refractivity contribution is 0.188. The van der Waals surface area contributed by atoms with Gasteiger partial charge in [0.05, 0.1) is 11.4 Å². The number of hydrogen-bond donors (Lipinski definition) is 1. The first kappa shape index (κ1) is 19.2. The maximum absolute atomic E-state index is 6.29. The van der Waals surface area contributed by atoms with Crippen LogP contribution >= 0.6 is 24.0 Å². The van der Waals surface area contributed by atoms with Crippen molar-refractivity contribution < 1.29 is 0 Å². The summed E-state index contributed by atoms with van der Waals surface area (Å²) < 4.78 is 1.74. The Morgan fingerprint density at radius 3 is 2.62 bits per heavy atom. The van der Waals surface area contributed by atoms with Gasteiger partial charge in [-0.25, -0.2) is 0 Å². The van der Waals surface area contributed by atoms with Gasteiger partial charge >= 0.3 is 0 Å². The Hall–Kier alpha value is -1.14. The minimum absolute atomic E-state index is 0. The number of pyridine rings is 1. The molecular formula is C17H25Cl2N5. The van der Waals surface area contributed by atoms with Crippen molar-refractivity contribution in [2.24, 2.45) is 7.05 Å². The van der Waals surface area contributed by atoms with Gasteiger partial charge in [0.25, 0.3) is 0 Å². The highest BCUT2D eigenvalue weighted by molar-refractivity contribution is 6.30. The number of rotatable bonds is 5. The molecule has 1 fully saturated rings. The molecule has 3 heterocycles. The molecule has 0 radical (unpaired) electrons. The summed E-state index contributed by atoms with van der Waals surface area (Å²) in [7, 11) is 1.88. The van der Waals surface area contributed by atoms with E-state index in [1.807, 2.05) is 26.2 Å². The van der Waals surface area contributed by atoms with Gasteiger partial charge in [-0.05, 0) is 31.9 Å². The predicted octanol–water partition coefficient (Wildman–Crippen LogP) is 2.95. The predicted molar refractivity (Wildman–Crippen MR) is 99.6 cm³/mol. The van der Waals surface area contributed by atoms with E-state index in [1.54, 1.807) is 4.68 Å². The van der Waals surface area contributed by atoms with E-state index >= 15 is 0 Å². The second-order valence-corrected chi connectivity index (χ2v) is 6.59. The van der Waals surface area contributed by atoms with E-state index in [0.29, 0.717) is 6.04 Å². The highest BCUT2D eigenvalue weighted by atomic mass is 35.5. The molecule has 0 aromatic carbocycles. The van der Waals surface area contributed by atoms with Crippen LogP contribution in [0.3, 0.4) is 0 Å². The largest absolute Gasteiger partial charge is 0.310 e. The molecule has 7 heteroatoms. The van der Waals surface area contributed by atoms with E-state index in [4.69, 9.17) is 11.6 Å². The number of aromatic nitrogens is 3. The van der Waals surface area contributed by atoms with Crippen molar-refractivity contribution in [2.75, 3.05) is 13.1 Å². The summed E-state index contributed by atoms with van der Waals surface area (Å²) in [5.41, 5.74) is 3.28. The molecule has 1 N–H and O–H groups in total. The fourth-order valence-electron chi connectivity index (χ4n) is 3.14. The number of likely N-dealkylation sites (tertiary alicyclic amines) is 1. The summed E-state index contributed by atoms with van der Waals surface area (Å²) in [5, 5.41) is 8.74. The molecule has 1 aliphatic rings. The van der Waals surface area contributed by atoms with Crippen molar-refractivity contribution >= 4 is 24.0 Å². The summed E-state index contributed by atoms with van der Waals surface area (Å²) in [6.45, 7) is 5.96. The SMILES string of the molecule is Cc1nn(C)c(Cl)c1CNC1CCN(Cc2ccccn2)CC1.Cl. The molecule has 2 aromatic rings. The smallest absolute Gasteiger partial charge is 0.131 e. The molecule has 0 aliphatic carbocycles. The second kappa shape index (κ2) is 8.81. The fourth-order valence-corrected chi connectivity index (χ4v) is 3.38. The van der Waals surface area contributed by atoms with E-state index in [1.165, 1.54) is 0 Å². The maximum atomic E-state index is 6.29. The minimum atomic E-state index is 0. The monoisotopic (exact) mass is 369 g/mol. The quantitative estimate of drug-likeness (QED) is 0.879. The van der Waals surface area contributed by atoms with Crippen molar-refractivity contribution in [3.05, 3.63) is 46.5 Å². The number of nitrogens with zero attached hydrogens (tertiary/aromatic N) is 4. The van der Waals surface area contributed by atoms with Gasteiger partial charge in [-0.3, -0.25) is 14.6 Å². The molecule has 3 rings (SSSR count). The highest BCUT2D eigenvalue weighted by Gasteiger charge is 2.20. The third-order valence-electron chi connectivity index (χ3n) is 4.54. The van der Waals surface area contributed by atoms with Crippen LogP contribution in [0, 0.1) is 6.92 Å². The zero-order chi connectivity index (χ0) is 16.2. The molecule has 1 saturated heterocycles. The van der Waals surface area contributed by atoms with E-state index in [9.17, 15) is 0 Å². The number of halogens is 2. The molecule has 1 aliphatic heterocycles. The van der Waals surface area contributed by atoms with Crippen LogP contribution in [0.5, 0.6) is 0 Å². The summed E-state index contributed by atoms with van der Waals surface area (Å²) in [6.07, 6.45) is 4.18. The molecule has 24 heavy (non-hydrogen) atoms. The Morgan fingerprint density at radius 1 is 1.29 bits per heavy atom. The van der Waals surface area contributed by atoms with Crippen LogP contribution in [-0.2, 0) is 20.1 Å². The van der Waals surface area contributed by atoms with Gasteiger partial charge in [-0.15, -0.1) is 12.4 Å². The number of nitrogens with one attached hydrogen (secondary N) is 1. The number of aryl methyl sites for hydroxylation is 2. The van der Waals surface area contributed by atoms with Gasteiger partial charge < -0.3 is 5.32 Å². The average Bonchev–Trinajstić information content (AvgIpc) is 2.80. The third kappa shape index (κ3) is 4.70. The Balaban J connectivity index is 0.00000208. The van der Waals surface area contributed by atoms with Crippen molar-refractivity contribution in [3.63, 3.8) is 0 Å². The second-order valence-electron chi connectivity index (χ2n) is 6.23. The molecule has 0 saturated carbocycles. The van der Waals surface area contributed by atoms with E-state index < -0.39 is 0 Å². The first-order valence-corrected chi connectivity index (χ1v) is 8.55. The molecule has 0 amide bonds. The van der Waals surface area contributed by atoms with Crippen LogP contribution in [0.25, 0.3) is 0 Å². The van der Waals surface area contributed by atoms with Gasteiger partial charge in [0.15, 0.2) is 0 Å². The van der Waals surface area contributed by atoms with E-state index in [2.05, 4.69) is 32.4 Å². The zero-order valence-corrected chi connectivity index (χ0v) is 15.8. The third-order valence-corrected chi connectivity index (χ3v) is 5.01. The molecule has 2 aromatic heterocycles. The van der Waals surface area contributed by atoms with Crippen LogP contribution in [0.1, 0.15) is 29.8 Å². The van der Waals surface area contributed by atoms with Gasteiger partial charge in [0.1, 0.15) is 5.15 Å². The summed E-state index contributed by atoms with van der Waals surface area (Å²) >= 11 is 6.29. The molecule has 5 nitrogen and oxygen atoms in total. The van der Waals surface area contributed by atoms with Gasteiger partial charge in [-0.2, -0.15) is 5.10 Å². The number of piperidine rings is 1. The Labute approximate surface area is 154 Å². The molecule has 0 atom stereocenters. The van der Waals surface area contributed by atoms with E-state index in [0.717, 1.165) is 61.1 Å². The maximum Gasteiger partial charge on any atom is 0.131 e. The summed E-state index contributed by atoms with van der Waals surface area (Å²) in [5.74, 6) is 0. The lowest BCUT2D eigenvalue weighted by atomic mass is 10.0. The average molecular weight is 370 g/mol. The van der Waals surface area contributed by atoms with Gasteiger partial charge in [0, 0.05) is 51.0 Å². The van der Waals surface area contributed by atoms with Crippen molar-refractivity contribution in [1.82, 2.24) is 25.0 Å². The van der Waals surface area contributed by atoms with Crippen LogP contribution < -0.4 is 5.32 Å². The van der Waals surface area contributed by atoms with Crippen LogP contribution in [-0.4, -0.2) is 38.8 Å². The van der Waals surface area contributed by atoms with E-state index in [-0.39, 0.29) is 12.4 Å². The van der Waals surface area contributed by atoms with Crippen LogP contribution in [0.15, 0.2) is 24.4 Å². The Bertz CT molecular complexity index is 636. The minimum Gasteiger partial charge on any atom is -0.310 e. The van der Waals surface area contributed by atoms with Gasteiger partial charge in [-0.1, -0.05) is 17.7 Å². The zero-order valence-electron chi connectivity index (χ0n) is 14.2. The van der Waals surface area contributed by atoms with Gasteiger partial charge in [0.2, 0.25) is 0 Å². The number of hydrogen-bond acceptors (Lipinski definition) is 4. The first-order valence-electron chi connectivity index (χ1n) is 8.17. The Kier molecular flexibility index (Phi) is 7.04. The topological polar surface area (TPSA) is 46.0 Å². The van der Waals surface area contributed by atoms with Crippen LogP contribution in [0.2, 0.25) is 5.15 Å². The lowest BCUT2D eigenvalue weighted by Gasteiger charge is -2.32. The normalized spacial score (nSPS) is 16.1. The fraction of sp³-hybridized carbons (Fsp3) is 0.529. The summed E-state index contributed by atoms with van der Waals surface area (Å²) in [6, 6.07) is 6.66. The Morgan fingerprint density at radius 2 is 2.04 bits per heavy atom. The van der Waals surface area contributed by atoms with Crippen molar-refractivity contribution in [1.29, 1.82) is 0 Å². The summed E-state index contributed by atoms with van der Waals surface area (Å²) in [4.78, 5) is 6.88. The molecule has 132 valence electrons.